The van der Waals surface area contributed by atoms with E-state index in [0.717, 1.165) is 5.39 Å². The maximum Gasteiger partial charge on any atom is 0.262 e. The van der Waals surface area contributed by atoms with Gasteiger partial charge in [0.1, 0.15) is 5.75 Å². The monoisotopic (exact) mass is 348 g/mol. The molecule has 3 aromatic rings. The van der Waals surface area contributed by atoms with Crippen LogP contribution in [0.15, 0.2) is 59.8 Å². The molecule has 1 aromatic heterocycles. The second kappa shape index (κ2) is 6.06. The first-order chi connectivity index (χ1) is 11.0. The molecule has 0 saturated carbocycles. The molecule has 118 valence electrons. The summed E-state index contributed by atoms with van der Waals surface area (Å²) in [5.74, 6) is 0.389. The molecule has 0 atom stereocenters. The predicted molar refractivity (Wildman–Crippen MR) is 90.6 cm³/mol. The van der Waals surface area contributed by atoms with E-state index in [9.17, 15) is 8.42 Å². The zero-order valence-corrected chi connectivity index (χ0v) is 13.7. The Morgan fingerprint density at radius 1 is 1.17 bits per heavy atom. The van der Waals surface area contributed by atoms with E-state index < -0.39 is 10.0 Å². The molecule has 2 aromatic carbocycles. The van der Waals surface area contributed by atoms with Crippen molar-refractivity contribution in [3.63, 3.8) is 0 Å². The minimum absolute atomic E-state index is 0.166. The Morgan fingerprint density at radius 3 is 2.78 bits per heavy atom. The first-order valence-corrected chi connectivity index (χ1v) is 8.56. The predicted octanol–water partition coefficient (Wildman–Crippen LogP) is 3.70. The lowest BCUT2D eigenvalue weighted by molar-refractivity contribution is 0.417. The van der Waals surface area contributed by atoms with Gasteiger partial charge in [0, 0.05) is 28.2 Å². The van der Waals surface area contributed by atoms with Gasteiger partial charge in [-0.2, -0.15) is 0 Å². The molecule has 0 spiro atoms. The Balaban J connectivity index is 2.10. The highest BCUT2D eigenvalue weighted by molar-refractivity contribution is 7.93. The largest absolute Gasteiger partial charge is 0.495 e. The van der Waals surface area contributed by atoms with Crippen LogP contribution in [0.3, 0.4) is 0 Å². The molecule has 0 bridgehead atoms. The standard InChI is InChI=1S/C16H13ClN2O3S/c1-22-15-6-5-12(17)9-14(15)19-23(20,21)16-4-2-3-11-10-18-8-7-13(11)16/h2-10,19H,1H3. The van der Waals surface area contributed by atoms with Gasteiger partial charge in [0.2, 0.25) is 0 Å². The van der Waals surface area contributed by atoms with Crippen LogP contribution in [0.25, 0.3) is 10.8 Å². The van der Waals surface area contributed by atoms with Gasteiger partial charge in [0.05, 0.1) is 17.7 Å². The third-order valence-electron chi connectivity index (χ3n) is 3.34. The summed E-state index contributed by atoms with van der Waals surface area (Å²) < 4.78 is 33.2. The first-order valence-electron chi connectivity index (χ1n) is 6.70. The maximum atomic E-state index is 12.8. The van der Waals surface area contributed by atoms with Gasteiger partial charge in [-0.15, -0.1) is 0 Å². The van der Waals surface area contributed by atoms with Crippen molar-refractivity contribution in [1.82, 2.24) is 4.98 Å². The average Bonchev–Trinajstić information content (AvgIpc) is 2.54. The number of hydrogen-bond acceptors (Lipinski definition) is 4. The van der Waals surface area contributed by atoms with Crippen molar-refractivity contribution in [3.05, 3.63) is 59.9 Å². The SMILES string of the molecule is COc1ccc(Cl)cc1NS(=O)(=O)c1cccc2cnccc12. The summed E-state index contributed by atoms with van der Waals surface area (Å²) in [6.45, 7) is 0. The number of anilines is 1. The van der Waals surface area contributed by atoms with Gasteiger partial charge in [0.15, 0.2) is 0 Å². The molecule has 0 aliphatic carbocycles. The summed E-state index contributed by atoms with van der Waals surface area (Å²) in [7, 11) is -2.34. The van der Waals surface area contributed by atoms with Crippen LogP contribution in [0.2, 0.25) is 5.02 Å². The van der Waals surface area contributed by atoms with E-state index in [1.807, 2.05) is 0 Å². The lowest BCUT2D eigenvalue weighted by Crippen LogP contribution is -2.14. The van der Waals surface area contributed by atoms with Gasteiger partial charge in [-0.25, -0.2) is 8.42 Å². The van der Waals surface area contributed by atoms with Gasteiger partial charge >= 0.3 is 0 Å². The topological polar surface area (TPSA) is 68.3 Å². The van der Waals surface area contributed by atoms with Crippen molar-refractivity contribution in [1.29, 1.82) is 0 Å². The van der Waals surface area contributed by atoms with E-state index >= 15 is 0 Å². The molecule has 0 saturated heterocycles. The molecule has 0 radical (unpaired) electrons. The normalized spacial score (nSPS) is 11.4. The zero-order valence-electron chi connectivity index (χ0n) is 12.2. The van der Waals surface area contributed by atoms with Crippen LogP contribution < -0.4 is 9.46 Å². The van der Waals surface area contributed by atoms with Crippen molar-refractivity contribution in [2.75, 3.05) is 11.8 Å². The number of ether oxygens (including phenoxy) is 1. The van der Waals surface area contributed by atoms with Crippen LogP contribution in [0.1, 0.15) is 0 Å². The number of fused-ring (bicyclic) bond motifs is 1. The lowest BCUT2D eigenvalue weighted by Gasteiger charge is -2.13. The Labute approximate surface area is 138 Å². The van der Waals surface area contributed by atoms with Gasteiger partial charge in [-0.05, 0) is 30.3 Å². The molecule has 0 unspecified atom stereocenters. The summed E-state index contributed by atoms with van der Waals surface area (Å²) in [6.07, 6.45) is 3.18. The molecular formula is C16H13ClN2O3S. The van der Waals surface area contributed by atoms with E-state index in [1.54, 1.807) is 48.8 Å². The third-order valence-corrected chi connectivity index (χ3v) is 4.99. The van der Waals surface area contributed by atoms with Crippen molar-refractivity contribution in [3.8, 4) is 5.75 Å². The Hall–Kier alpha value is -2.31. The highest BCUT2D eigenvalue weighted by atomic mass is 35.5. The van der Waals surface area contributed by atoms with E-state index in [0.29, 0.717) is 16.2 Å². The number of halogens is 1. The van der Waals surface area contributed by atoms with Gasteiger partial charge in [0.25, 0.3) is 10.0 Å². The number of sulfonamides is 1. The minimum Gasteiger partial charge on any atom is -0.495 e. The third kappa shape index (κ3) is 3.09. The number of rotatable bonds is 4. The Morgan fingerprint density at radius 2 is 2.00 bits per heavy atom. The lowest BCUT2D eigenvalue weighted by atomic mass is 10.2. The summed E-state index contributed by atoms with van der Waals surface area (Å²) >= 11 is 5.95. The van der Waals surface area contributed by atoms with Crippen molar-refractivity contribution < 1.29 is 13.2 Å². The molecule has 7 heteroatoms. The fourth-order valence-electron chi connectivity index (χ4n) is 2.29. The molecule has 1 N–H and O–H groups in total. The van der Waals surface area contributed by atoms with Gasteiger partial charge in [-0.3, -0.25) is 9.71 Å². The van der Waals surface area contributed by atoms with Crippen LogP contribution >= 0.6 is 11.6 Å². The molecular weight excluding hydrogens is 336 g/mol. The molecule has 5 nitrogen and oxygen atoms in total. The minimum atomic E-state index is -3.81. The first kappa shape index (κ1) is 15.6. The van der Waals surface area contributed by atoms with E-state index in [-0.39, 0.29) is 10.6 Å². The fourth-order valence-corrected chi connectivity index (χ4v) is 3.75. The summed E-state index contributed by atoms with van der Waals surface area (Å²) in [6, 6.07) is 11.4. The summed E-state index contributed by atoms with van der Waals surface area (Å²) in [5.41, 5.74) is 0.283. The van der Waals surface area contributed by atoms with Crippen molar-refractivity contribution in [2.24, 2.45) is 0 Å². The fraction of sp³-hybridized carbons (Fsp3) is 0.0625. The number of aromatic nitrogens is 1. The zero-order chi connectivity index (χ0) is 16.4. The van der Waals surface area contributed by atoms with Crippen molar-refractivity contribution in [2.45, 2.75) is 4.90 Å². The number of benzene rings is 2. The number of methoxy groups -OCH3 is 1. The highest BCUT2D eigenvalue weighted by Crippen LogP contribution is 2.31. The molecule has 23 heavy (non-hydrogen) atoms. The molecule has 0 amide bonds. The van der Waals surface area contributed by atoms with Crippen LogP contribution in [-0.4, -0.2) is 20.5 Å². The van der Waals surface area contributed by atoms with E-state index in [1.165, 1.54) is 13.2 Å². The number of hydrogen-bond donors (Lipinski definition) is 1. The molecule has 3 rings (SSSR count). The number of nitrogens with zero attached hydrogens (tertiary/aromatic N) is 1. The quantitative estimate of drug-likeness (QED) is 0.780. The van der Waals surface area contributed by atoms with Gasteiger partial charge < -0.3 is 4.74 Å². The van der Waals surface area contributed by atoms with Crippen molar-refractivity contribution >= 4 is 38.1 Å². The summed E-state index contributed by atoms with van der Waals surface area (Å²) in [5, 5.41) is 1.75. The summed E-state index contributed by atoms with van der Waals surface area (Å²) in [4.78, 5) is 4.17. The second-order valence-electron chi connectivity index (χ2n) is 4.80. The molecule has 0 fully saturated rings. The Bertz CT molecular complexity index is 969. The van der Waals surface area contributed by atoms with E-state index in [4.69, 9.17) is 16.3 Å². The molecule has 0 aliphatic heterocycles. The smallest absolute Gasteiger partial charge is 0.262 e. The van der Waals surface area contributed by atoms with Crippen LogP contribution in [0.5, 0.6) is 5.75 Å². The number of nitrogens with one attached hydrogen (secondary N) is 1. The number of pyridine rings is 1. The average molecular weight is 349 g/mol. The Kier molecular flexibility index (Phi) is 4.11. The van der Waals surface area contributed by atoms with Crippen LogP contribution in [0.4, 0.5) is 5.69 Å². The van der Waals surface area contributed by atoms with Crippen LogP contribution in [-0.2, 0) is 10.0 Å². The molecule has 0 aliphatic rings. The molecule has 1 heterocycles. The maximum absolute atomic E-state index is 12.8. The highest BCUT2D eigenvalue weighted by Gasteiger charge is 2.19. The second-order valence-corrected chi connectivity index (χ2v) is 6.89. The van der Waals surface area contributed by atoms with Gasteiger partial charge in [-0.1, -0.05) is 23.7 Å². The van der Waals surface area contributed by atoms with Crippen LogP contribution in [0, 0.1) is 0 Å². The van der Waals surface area contributed by atoms with E-state index in [2.05, 4.69) is 9.71 Å².